The van der Waals surface area contributed by atoms with Gasteiger partial charge in [-0.1, -0.05) is 19.1 Å². The molecule has 0 aliphatic heterocycles. The quantitative estimate of drug-likeness (QED) is 0.794. The molecule has 1 aliphatic rings. The molecule has 106 valence electrons. The van der Waals surface area contributed by atoms with E-state index in [1.54, 1.807) is 0 Å². The van der Waals surface area contributed by atoms with E-state index in [4.69, 9.17) is 5.73 Å². The van der Waals surface area contributed by atoms with Crippen LogP contribution in [0.25, 0.3) is 0 Å². The summed E-state index contributed by atoms with van der Waals surface area (Å²) in [6.07, 6.45) is 3.70. The van der Waals surface area contributed by atoms with Crippen molar-refractivity contribution in [1.29, 1.82) is 0 Å². The lowest BCUT2D eigenvalue weighted by Gasteiger charge is -2.17. The monoisotopic (exact) mass is 286 g/mol. The van der Waals surface area contributed by atoms with Crippen LogP contribution in [0.2, 0.25) is 0 Å². The van der Waals surface area contributed by atoms with Crippen LogP contribution in [-0.4, -0.2) is 6.54 Å². The number of nitrogen functional groups attached to an aromatic ring is 1. The van der Waals surface area contributed by atoms with Gasteiger partial charge in [-0.25, -0.2) is 0 Å². The molecule has 3 heteroatoms. The van der Waals surface area contributed by atoms with E-state index in [1.807, 2.05) is 23.5 Å². The first-order valence-corrected chi connectivity index (χ1v) is 8.23. The summed E-state index contributed by atoms with van der Waals surface area (Å²) in [5.41, 5.74) is 9.90. The molecule has 1 heterocycles. The van der Waals surface area contributed by atoms with Crippen molar-refractivity contribution in [2.24, 2.45) is 0 Å². The van der Waals surface area contributed by atoms with Crippen LogP contribution in [-0.2, 0) is 18.4 Å². The van der Waals surface area contributed by atoms with E-state index in [-0.39, 0.29) is 0 Å². The second-order valence-electron chi connectivity index (χ2n) is 5.73. The van der Waals surface area contributed by atoms with Gasteiger partial charge in [0.05, 0.1) is 0 Å². The molecule has 0 atom stereocenters. The standard InChI is InChI=1S/C17H22N2S/c1-2-13-7-10-20-16(13)11-19-12-17(8-9-17)14-3-5-15(18)6-4-14/h3-7,10,19H,2,8-9,11-12,18H2,1H3. The Morgan fingerprint density at radius 1 is 1.20 bits per heavy atom. The number of hydrogen-bond donors (Lipinski definition) is 2. The van der Waals surface area contributed by atoms with Crippen LogP contribution in [0.5, 0.6) is 0 Å². The molecule has 0 radical (unpaired) electrons. The Kier molecular flexibility index (Phi) is 3.81. The Labute approximate surface area is 125 Å². The third-order valence-electron chi connectivity index (χ3n) is 4.34. The molecule has 2 aromatic rings. The second kappa shape index (κ2) is 5.58. The lowest BCUT2D eigenvalue weighted by molar-refractivity contribution is 0.576. The maximum Gasteiger partial charge on any atom is 0.0314 e. The SMILES string of the molecule is CCc1ccsc1CNCC1(c2ccc(N)cc2)CC1. The van der Waals surface area contributed by atoms with E-state index < -0.39 is 0 Å². The maximum atomic E-state index is 5.77. The first-order valence-electron chi connectivity index (χ1n) is 7.35. The molecule has 3 rings (SSSR count). The van der Waals surface area contributed by atoms with Gasteiger partial charge in [0.2, 0.25) is 0 Å². The Bertz CT molecular complexity index is 567. The van der Waals surface area contributed by atoms with Crippen molar-refractivity contribution < 1.29 is 0 Å². The average molecular weight is 286 g/mol. The van der Waals surface area contributed by atoms with Gasteiger partial charge < -0.3 is 11.1 Å². The predicted molar refractivity (Wildman–Crippen MR) is 87.2 cm³/mol. The van der Waals surface area contributed by atoms with Gasteiger partial charge in [-0.05, 0) is 54.0 Å². The summed E-state index contributed by atoms with van der Waals surface area (Å²) in [5, 5.41) is 5.85. The van der Waals surface area contributed by atoms with Crippen molar-refractivity contribution in [2.45, 2.75) is 38.1 Å². The number of anilines is 1. The van der Waals surface area contributed by atoms with Gasteiger partial charge in [0.1, 0.15) is 0 Å². The lowest BCUT2D eigenvalue weighted by atomic mass is 9.95. The highest BCUT2D eigenvalue weighted by Gasteiger charge is 2.43. The van der Waals surface area contributed by atoms with E-state index in [1.165, 1.54) is 28.8 Å². The van der Waals surface area contributed by atoms with Crippen molar-refractivity contribution in [3.63, 3.8) is 0 Å². The van der Waals surface area contributed by atoms with Gasteiger partial charge in [-0.3, -0.25) is 0 Å². The van der Waals surface area contributed by atoms with Crippen LogP contribution in [0.4, 0.5) is 5.69 Å². The first-order chi connectivity index (χ1) is 9.73. The summed E-state index contributed by atoms with van der Waals surface area (Å²) in [4.78, 5) is 1.49. The Morgan fingerprint density at radius 2 is 1.95 bits per heavy atom. The first kappa shape index (κ1) is 13.7. The van der Waals surface area contributed by atoms with E-state index in [0.29, 0.717) is 5.41 Å². The van der Waals surface area contributed by atoms with E-state index >= 15 is 0 Å². The lowest BCUT2D eigenvalue weighted by Crippen LogP contribution is -2.26. The molecule has 0 bridgehead atoms. The van der Waals surface area contributed by atoms with E-state index in [0.717, 1.165) is 25.2 Å². The Morgan fingerprint density at radius 3 is 2.60 bits per heavy atom. The van der Waals surface area contributed by atoms with Crippen molar-refractivity contribution in [3.05, 3.63) is 51.7 Å². The van der Waals surface area contributed by atoms with E-state index in [2.05, 4.69) is 35.8 Å². The number of benzene rings is 1. The number of thiophene rings is 1. The topological polar surface area (TPSA) is 38.0 Å². The number of rotatable bonds is 6. The minimum Gasteiger partial charge on any atom is -0.399 e. The highest BCUT2D eigenvalue weighted by Crippen LogP contribution is 2.47. The molecule has 1 aromatic carbocycles. The molecule has 0 unspecified atom stereocenters. The Balaban J connectivity index is 1.59. The summed E-state index contributed by atoms with van der Waals surface area (Å²) >= 11 is 1.86. The molecule has 0 saturated heterocycles. The maximum absolute atomic E-state index is 5.77. The molecule has 3 N–H and O–H groups in total. The van der Waals surface area contributed by atoms with Crippen LogP contribution in [0.3, 0.4) is 0 Å². The molecule has 1 aliphatic carbocycles. The molecule has 20 heavy (non-hydrogen) atoms. The third kappa shape index (κ3) is 2.74. The fourth-order valence-electron chi connectivity index (χ4n) is 2.81. The summed E-state index contributed by atoms with van der Waals surface area (Å²) in [6.45, 7) is 4.29. The van der Waals surface area contributed by atoms with Gasteiger partial charge in [0, 0.05) is 29.1 Å². The fourth-order valence-corrected chi connectivity index (χ4v) is 3.75. The number of nitrogens with two attached hydrogens (primary N) is 1. The van der Waals surface area contributed by atoms with Gasteiger partial charge in [0.25, 0.3) is 0 Å². The second-order valence-corrected chi connectivity index (χ2v) is 6.73. The van der Waals surface area contributed by atoms with Gasteiger partial charge >= 0.3 is 0 Å². The zero-order valence-corrected chi connectivity index (χ0v) is 12.8. The van der Waals surface area contributed by atoms with Crippen LogP contribution >= 0.6 is 11.3 Å². The largest absolute Gasteiger partial charge is 0.399 e. The number of aryl methyl sites for hydroxylation is 1. The smallest absolute Gasteiger partial charge is 0.0314 e. The molecular formula is C17H22N2S. The Hall–Kier alpha value is -1.32. The molecule has 0 amide bonds. The molecule has 1 saturated carbocycles. The molecule has 1 aromatic heterocycles. The fraction of sp³-hybridized carbons (Fsp3) is 0.412. The minimum absolute atomic E-state index is 0.358. The highest BCUT2D eigenvalue weighted by atomic mass is 32.1. The van der Waals surface area contributed by atoms with Gasteiger partial charge in [0.15, 0.2) is 0 Å². The van der Waals surface area contributed by atoms with Gasteiger partial charge in [-0.2, -0.15) is 0 Å². The number of hydrogen-bond acceptors (Lipinski definition) is 3. The summed E-state index contributed by atoms with van der Waals surface area (Å²) in [7, 11) is 0. The average Bonchev–Trinajstić information content (AvgIpc) is 3.11. The van der Waals surface area contributed by atoms with Crippen molar-refractivity contribution in [1.82, 2.24) is 5.32 Å². The van der Waals surface area contributed by atoms with Gasteiger partial charge in [-0.15, -0.1) is 11.3 Å². The summed E-state index contributed by atoms with van der Waals surface area (Å²) in [6, 6.07) is 10.7. The van der Waals surface area contributed by atoms with Crippen molar-refractivity contribution in [2.75, 3.05) is 12.3 Å². The number of nitrogens with one attached hydrogen (secondary N) is 1. The van der Waals surface area contributed by atoms with Crippen molar-refractivity contribution >= 4 is 17.0 Å². The van der Waals surface area contributed by atoms with Crippen LogP contribution in [0, 0.1) is 0 Å². The van der Waals surface area contributed by atoms with Crippen LogP contribution in [0.15, 0.2) is 35.7 Å². The molecule has 0 spiro atoms. The van der Waals surface area contributed by atoms with Crippen molar-refractivity contribution in [3.8, 4) is 0 Å². The minimum atomic E-state index is 0.358. The zero-order valence-electron chi connectivity index (χ0n) is 12.0. The predicted octanol–water partition coefficient (Wildman–Crippen LogP) is 3.71. The normalized spacial score (nSPS) is 16.2. The third-order valence-corrected chi connectivity index (χ3v) is 5.31. The van der Waals surface area contributed by atoms with Crippen LogP contribution in [0.1, 0.15) is 35.8 Å². The molecular weight excluding hydrogens is 264 g/mol. The summed E-state index contributed by atoms with van der Waals surface area (Å²) in [5.74, 6) is 0. The summed E-state index contributed by atoms with van der Waals surface area (Å²) < 4.78 is 0. The van der Waals surface area contributed by atoms with Crippen LogP contribution < -0.4 is 11.1 Å². The van der Waals surface area contributed by atoms with E-state index in [9.17, 15) is 0 Å². The zero-order chi connectivity index (χ0) is 14.0. The molecule has 2 nitrogen and oxygen atoms in total. The highest BCUT2D eigenvalue weighted by molar-refractivity contribution is 7.10. The molecule has 1 fully saturated rings.